The summed E-state index contributed by atoms with van der Waals surface area (Å²) in [5.41, 5.74) is 7.47. The highest BCUT2D eigenvalue weighted by Crippen LogP contribution is 2.20. The Bertz CT molecular complexity index is 636. The smallest absolute Gasteiger partial charge is 0.240 e. The van der Waals surface area contributed by atoms with Crippen LogP contribution in [-0.2, 0) is 16.1 Å². The highest BCUT2D eigenvalue weighted by atomic mass is 32.1. The van der Waals surface area contributed by atoms with Gasteiger partial charge < -0.3 is 20.4 Å². The number of nitrogens with two attached hydrogens (primary N) is 1. The molecule has 0 aliphatic rings. The Morgan fingerprint density at radius 2 is 2.25 bits per heavy atom. The van der Waals surface area contributed by atoms with Gasteiger partial charge in [-0.1, -0.05) is 24.4 Å². The molecule has 6 heteroatoms. The predicted octanol–water partition coefficient (Wildman–Crippen LogP) is 1.04. The zero-order valence-corrected chi connectivity index (χ0v) is 12.1. The van der Waals surface area contributed by atoms with Gasteiger partial charge in [-0.2, -0.15) is 0 Å². The largest absolute Gasteiger partial charge is 0.389 e. The van der Waals surface area contributed by atoms with E-state index in [2.05, 4.69) is 5.32 Å². The molecule has 0 saturated carbocycles. The van der Waals surface area contributed by atoms with Gasteiger partial charge in [0, 0.05) is 36.3 Å². The first-order valence-corrected chi connectivity index (χ1v) is 6.67. The van der Waals surface area contributed by atoms with Gasteiger partial charge in [0.15, 0.2) is 0 Å². The highest BCUT2D eigenvalue weighted by Gasteiger charge is 2.09. The van der Waals surface area contributed by atoms with Crippen LogP contribution in [0.3, 0.4) is 0 Å². The number of ether oxygens (including phenoxy) is 1. The van der Waals surface area contributed by atoms with Crippen molar-refractivity contribution in [3.05, 3.63) is 36.0 Å². The van der Waals surface area contributed by atoms with E-state index < -0.39 is 0 Å². The number of carbonyl (C=O) groups is 1. The van der Waals surface area contributed by atoms with Gasteiger partial charge in [-0.05, 0) is 12.1 Å². The summed E-state index contributed by atoms with van der Waals surface area (Å²) in [4.78, 5) is 12.2. The van der Waals surface area contributed by atoms with Crippen molar-refractivity contribution >= 4 is 34.0 Å². The van der Waals surface area contributed by atoms with E-state index in [-0.39, 0.29) is 12.5 Å². The molecule has 20 heavy (non-hydrogen) atoms. The maximum Gasteiger partial charge on any atom is 0.240 e. The number of benzene rings is 1. The van der Waals surface area contributed by atoms with Crippen molar-refractivity contribution in [1.29, 1.82) is 0 Å². The second kappa shape index (κ2) is 6.49. The molecule has 0 aliphatic carbocycles. The Labute approximate surface area is 122 Å². The molecule has 0 spiro atoms. The van der Waals surface area contributed by atoms with Crippen LogP contribution in [-0.4, -0.2) is 35.7 Å². The van der Waals surface area contributed by atoms with Crippen LogP contribution < -0.4 is 11.1 Å². The molecule has 0 radical (unpaired) electrons. The molecule has 0 fully saturated rings. The molecule has 1 amide bonds. The number of hydrogen-bond acceptors (Lipinski definition) is 3. The zero-order chi connectivity index (χ0) is 14.5. The lowest BCUT2D eigenvalue weighted by Crippen LogP contribution is -2.30. The number of methoxy groups -OCH3 is 1. The first-order chi connectivity index (χ1) is 9.63. The third-order valence-electron chi connectivity index (χ3n) is 3.02. The first kappa shape index (κ1) is 14.5. The summed E-state index contributed by atoms with van der Waals surface area (Å²) in [6, 6.07) is 7.63. The molecule has 5 nitrogen and oxygen atoms in total. The van der Waals surface area contributed by atoms with Crippen molar-refractivity contribution in [2.24, 2.45) is 5.73 Å². The molecule has 1 aromatic heterocycles. The van der Waals surface area contributed by atoms with Gasteiger partial charge in [-0.3, -0.25) is 4.79 Å². The van der Waals surface area contributed by atoms with E-state index in [0.717, 1.165) is 16.5 Å². The lowest BCUT2D eigenvalue weighted by Gasteiger charge is -2.07. The fraction of sp³-hybridized carbons (Fsp3) is 0.286. The SMILES string of the molecule is COCCNC(=O)Cn1ccc2c(C(N)=S)cccc21. The van der Waals surface area contributed by atoms with E-state index in [4.69, 9.17) is 22.7 Å². The minimum absolute atomic E-state index is 0.0553. The molecular weight excluding hydrogens is 274 g/mol. The second-order valence-electron chi connectivity index (χ2n) is 4.39. The van der Waals surface area contributed by atoms with E-state index in [1.165, 1.54) is 0 Å². The Hall–Kier alpha value is -1.92. The van der Waals surface area contributed by atoms with Crippen LogP contribution in [0.15, 0.2) is 30.5 Å². The Morgan fingerprint density at radius 1 is 1.45 bits per heavy atom. The zero-order valence-electron chi connectivity index (χ0n) is 11.3. The maximum atomic E-state index is 11.8. The van der Waals surface area contributed by atoms with Gasteiger partial charge in [-0.25, -0.2) is 0 Å². The van der Waals surface area contributed by atoms with Crippen molar-refractivity contribution < 1.29 is 9.53 Å². The van der Waals surface area contributed by atoms with Crippen LogP contribution in [0.4, 0.5) is 0 Å². The van der Waals surface area contributed by atoms with Gasteiger partial charge in [-0.15, -0.1) is 0 Å². The summed E-state index contributed by atoms with van der Waals surface area (Å²) in [7, 11) is 1.60. The number of carbonyl (C=O) groups excluding carboxylic acids is 1. The fourth-order valence-corrected chi connectivity index (χ4v) is 2.26. The summed E-state index contributed by atoms with van der Waals surface area (Å²) in [5, 5.41) is 3.75. The summed E-state index contributed by atoms with van der Waals surface area (Å²) in [6.07, 6.45) is 1.86. The topological polar surface area (TPSA) is 69.3 Å². The number of fused-ring (bicyclic) bond motifs is 1. The van der Waals surface area contributed by atoms with Crippen LogP contribution in [0.25, 0.3) is 10.9 Å². The lowest BCUT2D eigenvalue weighted by molar-refractivity contribution is -0.121. The number of hydrogen-bond donors (Lipinski definition) is 2. The molecule has 0 unspecified atom stereocenters. The molecule has 0 bridgehead atoms. The predicted molar refractivity (Wildman–Crippen MR) is 82.7 cm³/mol. The number of nitrogens with zero attached hydrogens (tertiary/aromatic N) is 1. The Kier molecular flexibility index (Phi) is 4.70. The number of thiocarbonyl (C=S) groups is 1. The molecule has 2 rings (SSSR count). The van der Waals surface area contributed by atoms with Crippen LogP contribution in [0, 0.1) is 0 Å². The fourth-order valence-electron chi connectivity index (χ4n) is 2.08. The molecular formula is C14H17N3O2S. The third kappa shape index (κ3) is 3.15. The Balaban J connectivity index is 2.17. The van der Waals surface area contributed by atoms with Gasteiger partial charge in [0.25, 0.3) is 0 Å². The summed E-state index contributed by atoms with van der Waals surface area (Å²) in [5.74, 6) is -0.0553. The quantitative estimate of drug-likeness (QED) is 0.616. The molecule has 0 saturated heterocycles. The van der Waals surface area contributed by atoms with Gasteiger partial charge in [0.1, 0.15) is 11.5 Å². The van der Waals surface area contributed by atoms with Crippen LogP contribution >= 0.6 is 12.2 Å². The highest BCUT2D eigenvalue weighted by molar-refractivity contribution is 7.80. The maximum absolute atomic E-state index is 11.8. The molecule has 1 heterocycles. The average molecular weight is 291 g/mol. The van der Waals surface area contributed by atoms with Gasteiger partial charge >= 0.3 is 0 Å². The van der Waals surface area contributed by atoms with E-state index in [9.17, 15) is 4.79 Å². The Morgan fingerprint density at radius 3 is 2.95 bits per heavy atom. The summed E-state index contributed by atoms with van der Waals surface area (Å²) in [6.45, 7) is 1.27. The van der Waals surface area contributed by atoms with Crippen molar-refractivity contribution in [3.8, 4) is 0 Å². The first-order valence-electron chi connectivity index (χ1n) is 6.27. The standard InChI is InChI=1S/C14H17N3O2S/c1-19-8-6-16-13(18)9-17-7-5-10-11(14(15)20)3-2-4-12(10)17/h2-5,7H,6,8-9H2,1H3,(H2,15,20)(H,16,18). The molecule has 1 aromatic carbocycles. The number of aromatic nitrogens is 1. The molecule has 0 atom stereocenters. The summed E-state index contributed by atoms with van der Waals surface area (Å²) >= 11 is 5.03. The average Bonchev–Trinajstić information content (AvgIpc) is 2.82. The second-order valence-corrected chi connectivity index (χ2v) is 4.83. The van der Waals surface area contributed by atoms with Gasteiger partial charge in [0.2, 0.25) is 5.91 Å². The van der Waals surface area contributed by atoms with Crippen LogP contribution in [0.5, 0.6) is 0 Å². The van der Waals surface area contributed by atoms with E-state index in [1.54, 1.807) is 7.11 Å². The van der Waals surface area contributed by atoms with Gasteiger partial charge in [0.05, 0.1) is 6.61 Å². The number of rotatable bonds is 6. The third-order valence-corrected chi connectivity index (χ3v) is 3.24. The van der Waals surface area contributed by atoms with Crippen molar-refractivity contribution in [1.82, 2.24) is 9.88 Å². The minimum Gasteiger partial charge on any atom is -0.389 e. The van der Waals surface area contributed by atoms with E-state index in [1.807, 2.05) is 35.0 Å². The lowest BCUT2D eigenvalue weighted by atomic mass is 10.1. The van der Waals surface area contributed by atoms with E-state index >= 15 is 0 Å². The monoisotopic (exact) mass is 291 g/mol. The normalized spacial score (nSPS) is 10.7. The molecule has 3 N–H and O–H groups in total. The van der Waals surface area contributed by atoms with Crippen molar-refractivity contribution in [3.63, 3.8) is 0 Å². The molecule has 2 aromatic rings. The number of nitrogens with one attached hydrogen (secondary N) is 1. The molecule has 106 valence electrons. The van der Waals surface area contributed by atoms with Crippen molar-refractivity contribution in [2.45, 2.75) is 6.54 Å². The van der Waals surface area contributed by atoms with E-state index in [0.29, 0.717) is 18.1 Å². The molecule has 0 aliphatic heterocycles. The van der Waals surface area contributed by atoms with Crippen LogP contribution in [0.2, 0.25) is 0 Å². The van der Waals surface area contributed by atoms with Crippen LogP contribution in [0.1, 0.15) is 5.56 Å². The number of amides is 1. The summed E-state index contributed by atoms with van der Waals surface area (Å²) < 4.78 is 6.76. The minimum atomic E-state index is -0.0553. The van der Waals surface area contributed by atoms with Crippen molar-refractivity contribution in [2.75, 3.05) is 20.3 Å².